The van der Waals surface area contributed by atoms with E-state index in [4.69, 9.17) is 11.6 Å². The number of rotatable bonds is 3. The van der Waals surface area contributed by atoms with Gasteiger partial charge in [-0.1, -0.05) is 13.0 Å². The van der Waals surface area contributed by atoms with E-state index in [2.05, 4.69) is 11.7 Å². The number of alkyl halides is 1. The Morgan fingerprint density at radius 3 is 2.64 bits per heavy atom. The number of hydrogen-bond acceptors (Lipinski definition) is 2. The third-order valence-electron chi connectivity index (χ3n) is 2.15. The van der Waals surface area contributed by atoms with Gasteiger partial charge in [0.05, 0.1) is 12.7 Å². The number of carbonyl (C=O) groups excluding carboxylic acids is 1. The van der Waals surface area contributed by atoms with Crippen LogP contribution in [0.1, 0.15) is 28.4 Å². The number of ether oxygens (including phenoxy) is 1. The van der Waals surface area contributed by atoms with Gasteiger partial charge in [0.1, 0.15) is 0 Å². The Morgan fingerprint density at radius 2 is 2.14 bits per heavy atom. The second-order valence-corrected chi connectivity index (χ2v) is 3.23. The molecule has 0 bridgehead atoms. The van der Waals surface area contributed by atoms with Crippen LogP contribution in [-0.4, -0.2) is 13.1 Å². The quantitative estimate of drug-likeness (QED) is 0.569. The average molecular weight is 213 g/mol. The zero-order valence-corrected chi connectivity index (χ0v) is 9.10. The molecule has 0 heterocycles. The third-order valence-corrected chi connectivity index (χ3v) is 2.44. The number of aryl methyl sites for hydroxylation is 1. The molecule has 0 radical (unpaired) electrons. The van der Waals surface area contributed by atoms with Gasteiger partial charge in [-0.25, -0.2) is 4.79 Å². The minimum atomic E-state index is -0.320. The molecule has 0 unspecified atom stereocenters. The first kappa shape index (κ1) is 11.1. The van der Waals surface area contributed by atoms with Gasteiger partial charge in [0, 0.05) is 5.88 Å². The standard InChI is InChI=1S/C11H13ClO2/c1-3-8-4-5-9(11(13)14-2)6-10(8)7-12/h4-6H,3,7H2,1-2H3. The van der Waals surface area contributed by atoms with Crippen LogP contribution in [0.3, 0.4) is 0 Å². The lowest BCUT2D eigenvalue weighted by Gasteiger charge is -2.06. The van der Waals surface area contributed by atoms with E-state index in [-0.39, 0.29) is 5.97 Å². The molecule has 0 aromatic heterocycles. The summed E-state index contributed by atoms with van der Waals surface area (Å²) in [6, 6.07) is 5.47. The molecule has 0 saturated heterocycles. The van der Waals surface area contributed by atoms with Gasteiger partial charge in [0.2, 0.25) is 0 Å². The largest absolute Gasteiger partial charge is 0.465 e. The molecule has 0 N–H and O–H groups in total. The maximum atomic E-state index is 11.2. The molecule has 0 aliphatic rings. The molecule has 1 aromatic carbocycles. The van der Waals surface area contributed by atoms with Crippen molar-refractivity contribution in [3.05, 3.63) is 34.9 Å². The number of benzene rings is 1. The lowest BCUT2D eigenvalue weighted by atomic mass is 10.0. The van der Waals surface area contributed by atoms with E-state index in [9.17, 15) is 4.79 Å². The first-order chi connectivity index (χ1) is 6.72. The van der Waals surface area contributed by atoms with Crippen molar-refractivity contribution in [3.63, 3.8) is 0 Å². The van der Waals surface area contributed by atoms with Gasteiger partial charge in [0.15, 0.2) is 0 Å². The van der Waals surface area contributed by atoms with Crippen molar-refractivity contribution in [2.45, 2.75) is 19.2 Å². The Morgan fingerprint density at radius 1 is 1.43 bits per heavy atom. The van der Waals surface area contributed by atoms with Crippen LogP contribution in [0.4, 0.5) is 0 Å². The van der Waals surface area contributed by atoms with Crippen molar-refractivity contribution >= 4 is 17.6 Å². The molecule has 3 heteroatoms. The highest BCUT2D eigenvalue weighted by atomic mass is 35.5. The predicted octanol–water partition coefficient (Wildman–Crippen LogP) is 2.77. The monoisotopic (exact) mass is 212 g/mol. The number of esters is 1. The molecule has 76 valence electrons. The van der Waals surface area contributed by atoms with Crippen LogP contribution in [0, 0.1) is 0 Å². The lowest BCUT2D eigenvalue weighted by molar-refractivity contribution is 0.0600. The third kappa shape index (κ3) is 2.26. The summed E-state index contributed by atoms with van der Waals surface area (Å²) in [4.78, 5) is 11.2. The minimum Gasteiger partial charge on any atom is -0.465 e. The number of hydrogen-bond donors (Lipinski definition) is 0. The number of carbonyl (C=O) groups is 1. The molecule has 14 heavy (non-hydrogen) atoms. The SMILES string of the molecule is CCc1ccc(C(=O)OC)cc1CCl. The van der Waals surface area contributed by atoms with Gasteiger partial charge >= 0.3 is 5.97 Å². The average Bonchev–Trinajstić information content (AvgIpc) is 2.26. The van der Waals surface area contributed by atoms with Crippen LogP contribution in [0.5, 0.6) is 0 Å². The highest BCUT2D eigenvalue weighted by Crippen LogP contribution is 2.15. The van der Waals surface area contributed by atoms with E-state index in [1.807, 2.05) is 6.07 Å². The summed E-state index contributed by atoms with van der Waals surface area (Å²) in [5, 5.41) is 0. The molecule has 0 amide bonds. The van der Waals surface area contributed by atoms with Gasteiger partial charge in [-0.05, 0) is 29.7 Å². The normalized spacial score (nSPS) is 9.93. The summed E-state index contributed by atoms with van der Waals surface area (Å²) >= 11 is 5.78. The van der Waals surface area contributed by atoms with E-state index in [1.165, 1.54) is 12.7 Å². The number of halogens is 1. The Hall–Kier alpha value is -1.02. The topological polar surface area (TPSA) is 26.3 Å². The number of methoxy groups -OCH3 is 1. The lowest BCUT2D eigenvalue weighted by Crippen LogP contribution is -2.03. The Balaban J connectivity index is 3.07. The van der Waals surface area contributed by atoms with Crippen LogP contribution < -0.4 is 0 Å². The van der Waals surface area contributed by atoms with E-state index in [0.29, 0.717) is 11.4 Å². The Labute approximate surface area is 88.8 Å². The molecule has 0 fully saturated rings. The van der Waals surface area contributed by atoms with E-state index < -0.39 is 0 Å². The molecule has 1 rings (SSSR count). The van der Waals surface area contributed by atoms with Gasteiger partial charge in [0.25, 0.3) is 0 Å². The highest BCUT2D eigenvalue weighted by Gasteiger charge is 2.07. The fourth-order valence-electron chi connectivity index (χ4n) is 1.34. The molecule has 1 aromatic rings. The van der Waals surface area contributed by atoms with Gasteiger partial charge in [-0.15, -0.1) is 11.6 Å². The fraction of sp³-hybridized carbons (Fsp3) is 0.364. The van der Waals surface area contributed by atoms with Crippen molar-refractivity contribution in [2.24, 2.45) is 0 Å². The minimum absolute atomic E-state index is 0.320. The summed E-state index contributed by atoms with van der Waals surface area (Å²) in [5.74, 6) is 0.104. The smallest absolute Gasteiger partial charge is 0.337 e. The van der Waals surface area contributed by atoms with Crippen LogP contribution >= 0.6 is 11.6 Å². The van der Waals surface area contributed by atoms with Gasteiger partial charge in [-0.3, -0.25) is 0 Å². The summed E-state index contributed by atoms with van der Waals surface area (Å²) < 4.78 is 4.63. The van der Waals surface area contributed by atoms with Crippen molar-refractivity contribution in [1.29, 1.82) is 0 Å². The molecular weight excluding hydrogens is 200 g/mol. The predicted molar refractivity (Wildman–Crippen MR) is 56.7 cm³/mol. The van der Waals surface area contributed by atoms with E-state index in [0.717, 1.165) is 12.0 Å². The Bertz CT molecular complexity index is 334. The van der Waals surface area contributed by atoms with Crippen molar-refractivity contribution in [1.82, 2.24) is 0 Å². The molecule has 0 saturated carbocycles. The molecule has 0 atom stereocenters. The summed E-state index contributed by atoms with van der Waals surface area (Å²) in [6.07, 6.45) is 0.920. The second kappa shape index (κ2) is 5.01. The second-order valence-electron chi connectivity index (χ2n) is 2.96. The summed E-state index contributed by atoms with van der Waals surface area (Å²) in [5.41, 5.74) is 2.73. The molecule has 2 nitrogen and oxygen atoms in total. The molecule has 0 aliphatic carbocycles. The summed E-state index contributed by atoms with van der Waals surface area (Å²) in [6.45, 7) is 2.06. The molecular formula is C11H13ClO2. The van der Waals surface area contributed by atoms with Gasteiger partial charge < -0.3 is 4.74 Å². The molecule has 0 spiro atoms. The highest BCUT2D eigenvalue weighted by molar-refractivity contribution is 6.17. The van der Waals surface area contributed by atoms with Crippen LogP contribution in [0.2, 0.25) is 0 Å². The van der Waals surface area contributed by atoms with Crippen molar-refractivity contribution < 1.29 is 9.53 Å². The van der Waals surface area contributed by atoms with E-state index in [1.54, 1.807) is 12.1 Å². The van der Waals surface area contributed by atoms with Crippen molar-refractivity contribution in [3.8, 4) is 0 Å². The van der Waals surface area contributed by atoms with Gasteiger partial charge in [-0.2, -0.15) is 0 Å². The summed E-state index contributed by atoms with van der Waals surface area (Å²) in [7, 11) is 1.37. The first-order valence-corrected chi connectivity index (χ1v) is 5.02. The zero-order valence-electron chi connectivity index (χ0n) is 8.34. The zero-order chi connectivity index (χ0) is 10.6. The van der Waals surface area contributed by atoms with Crippen LogP contribution in [0.15, 0.2) is 18.2 Å². The van der Waals surface area contributed by atoms with Crippen LogP contribution in [0.25, 0.3) is 0 Å². The maximum Gasteiger partial charge on any atom is 0.337 e. The Kier molecular flexibility index (Phi) is 3.96. The maximum absolute atomic E-state index is 11.2. The van der Waals surface area contributed by atoms with E-state index >= 15 is 0 Å². The molecule has 0 aliphatic heterocycles. The van der Waals surface area contributed by atoms with Crippen LogP contribution in [-0.2, 0) is 17.0 Å². The first-order valence-electron chi connectivity index (χ1n) is 4.49. The van der Waals surface area contributed by atoms with Crippen molar-refractivity contribution in [2.75, 3.05) is 7.11 Å². The fourth-order valence-corrected chi connectivity index (χ4v) is 1.59.